The summed E-state index contributed by atoms with van der Waals surface area (Å²) in [4.78, 5) is 1.05. The molecule has 0 bridgehead atoms. The number of halogens is 1. The van der Waals surface area contributed by atoms with Gasteiger partial charge in [-0.15, -0.1) is 10.2 Å². The Morgan fingerprint density at radius 3 is 2.90 bits per heavy atom. The maximum atomic E-state index is 5.36. The van der Waals surface area contributed by atoms with Gasteiger partial charge in [0.2, 0.25) is 5.89 Å². The maximum absolute atomic E-state index is 5.36. The zero-order valence-electron chi connectivity index (χ0n) is 11.4. The van der Waals surface area contributed by atoms with Gasteiger partial charge in [0.05, 0.1) is 6.61 Å². The lowest BCUT2D eigenvalue weighted by Gasteiger charge is -2.07. The molecule has 0 spiro atoms. The number of aryl methyl sites for hydroxylation is 1. The third-order valence-electron chi connectivity index (χ3n) is 2.51. The summed E-state index contributed by atoms with van der Waals surface area (Å²) in [7, 11) is 1.70. The lowest BCUT2D eigenvalue weighted by molar-refractivity contribution is 0.199. The second-order valence-electron chi connectivity index (χ2n) is 4.12. The van der Waals surface area contributed by atoms with Gasteiger partial charge in [0.25, 0.3) is 5.22 Å². The minimum Gasteiger partial charge on any atom is -0.416 e. The van der Waals surface area contributed by atoms with Gasteiger partial charge in [0, 0.05) is 36.5 Å². The molecule has 7 heteroatoms. The van der Waals surface area contributed by atoms with Crippen LogP contribution in [0.5, 0.6) is 0 Å². The van der Waals surface area contributed by atoms with Crippen molar-refractivity contribution in [2.24, 2.45) is 0 Å². The largest absolute Gasteiger partial charge is 0.416 e. The molecule has 1 aromatic carbocycles. The van der Waals surface area contributed by atoms with E-state index in [-0.39, 0.29) is 0 Å². The van der Waals surface area contributed by atoms with Crippen LogP contribution in [-0.4, -0.2) is 30.5 Å². The number of benzene rings is 1. The van der Waals surface area contributed by atoms with Crippen molar-refractivity contribution in [3.8, 4) is 0 Å². The van der Waals surface area contributed by atoms with E-state index in [0.29, 0.717) is 17.7 Å². The molecule has 2 aromatic rings. The SMILES string of the molecule is COCCNCc1ccc(Sc2nnc(C)o2)c(Br)c1. The van der Waals surface area contributed by atoms with E-state index in [0.717, 1.165) is 22.5 Å². The van der Waals surface area contributed by atoms with Crippen molar-refractivity contribution in [2.75, 3.05) is 20.3 Å². The fourth-order valence-electron chi connectivity index (χ4n) is 1.56. The van der Waals surface area contributed by atoms with Crippen LogP contribution in [0, 0.1) is 6.92 Å². The van der Waals surface area contributed by atoms with Crippen LogP contribution in [0.15, 0.2) is 37.2 Å². The molecule has 1 aromatic heterocycles. The fourth-order valence-corrected chi connectivity index (χ4v) is 2.95. The highest BCUT2D eigenvalue weighted by Crippen LogP contribution is 2.33. The first-order valence-electron chi connectivity index (χ1n) is 6.15. The highest BCUT2D eigenvalue weighted by Gasteiger charge is 2.08. The second-order valence-corrected chi connectivity index (χ2v) is 5.97. The molecule has 2 rings (SSSR count). The first kappa shape index (κ1) is 15.5. The number of nitrogens with one attached hydrogen (secondary N) is 1. The second kappa shape index (κ2) is 7.78. The number of hydrogen-bond acceptors (Lipinski definition) is 6. The minimum atomic E-state index is 0.550. The van der Waals surface area contributed by atoms with E-state index >= 15 is 0 Å². The molecule has 0 saturated heterocycles. The molecule has 20 heavy (non-hydrogen) atoms. The number of methoxy groups -OCH3 is 1. The van der Waals surface area contributed by atoms with Gasteiger partial charge in [0.1, 0.15) is 0 Å². The molecular weight excluding hydrogens is 342 g/mol. The van der Waals surface area contributed by atoms with Crippen LogP contribution in [0.1, 0.15) is 11.5 Å². The Hall–Kier alpha value is -0.890. The van der Waals surface area contributed by atoms with Gasteiger partial charge >= 0.3 is 0 Å². The lowest BCUT2D eigenvalue weighted by atomic mass is 10.2. The molecule has 0 fully saturated rings. The van der Waals surface area contributed by atoms with E-state index in [1.54, 1.807) is 14.0 Å². The van der Waals surface area contributed by atoms with E-state index < -0.39 is 0 Å². The standard InChI is InChI=1S/C13H16BrN3O2S/c1-9-16-17-13(19-9)20-12-4-3-10(7-11(12)14)8-15-5-6-18-2/h3-4,7,15H,5-6,8H2,1-2H3. The molecule has 0 unspecified atom stereocenters. The Morgan fingerprint density at radius 1 is 1.40 bits per heavy atom. The summed E-state index contributed by atoms with van der Waals surface area (Å²) >= 11 is 5.02. The minimum absolute atomic E-state index is 0.550. The summed E-state index contributed by atoms with van der Waals surface area (Å²) in [5, 5.41) is 11.6. The highest BCUT2D eigenvalue weighted by atomic mass is 79.9. The zero-order valence-corrected chi connectivity index (χ0v) is 13.8. The Kier molecular flexibility index (Phi) is 6.03. The van der Waals surface area contributed by atoms with Crippen LogP contribution in [0.3, 0.4) is 0 Å². The molecule has 0 amide bonds. The average Bonchev–Trinajstić information content (AvgIpc) is 2.83. The summed E-state index contributed by atoms with van der Waals surface area (Å²) in [6.45, 7) is 4.14. The number of rotatable bonds is 7. The van der Waals surface area contributed by atoms with E-state index in [1.165, 1.54) is 17.3 Å². The van der Waals surface area contributed by atoms with Crippen LogP contribution >= 0.6 is 27.7 Å². The monoisotopic (exact) mass is 357 g/mol. The van der Waals surface area contributed by atoms with E-state index in [9.17, 15) is 0 Å². The van der Waals surface area contributed by atoms with Crippen LogP contribution in [0.4, 0.5) is 0 Å². The van der Waals surface area contributed by atoms with Gasteiger partial charge < -0.3 is 14.5 Å². The van der Waals surface area contributed by atoms with Crippen molar-refractivity contribution >= 4 is 27.7 Å². The summed E-state index contributed by atoms with van der Waals surface area (Å²) < 4.78 is 11.4. The molecule has 1 N–H and O–H groups in total. The van der Waals surface area contributed by atoms with Crippen molar-refractivity contribution in [2.45, 2.75) is 23.6 Å². The van der Waals surface area contributed by atoms with Crippen LogP contribution in [0.25, 0.3) is 0 Å². The normalized spacial score (nSPS) is 10.9. The molecule has 0 aliphatic carbocycles. The molecule has 0 saturated carbocycles. The topological polar surface area (TPSA) is 60.2 Å². The van der Waals surface area contributed by atoms with Crippen molar-refractivity contribution in [1.82, 2.24) is 15.5 Å². The summed E-state index contributed by atoms with van der Waals surface area (Å²) in [5.74, 6) is 0.572. The Bertz CT molecular complexity index is 562. The number of ether oxygens (including phenoxy) is 1. The number of nitrogens with zero attached hydrogens (tertiary/aromatic N) is 2. The molecule has 0 radical (unpaired) electrons. The maximum Gasteiger partial charge on any atom is 0.281 e. The third-order valence-corrected chi connectivity index (χ3v) is 4.35. The smallest absolute Gasteiger partial charge is 0.281 e. The first-order valence-corrected chi connectivity index (χ1v) is 7.76. The predicted molar refractivity (Wildman–Crippen MR) is 80.9 cm³/mol. The number of aromatic nitrogens is 2. The highest BCUT2D eigenvalue weighted by molar-refractivity contribution is 9.10. The first-order chi connectivity index (χ1) is 9.69. The average molecular weight is 358 g/mol. The third kappa shape index (κ3) is 4.59. The quantitative estimate of drug-likeness (QED) is 0.768. The number of hydrogen-bond donors (Lipinski definition) is 1. The summed E-state index contributed by atoms with van der Waals surface area (Å²) in [6.07, 6.45) is 0. The van der Waals surface area contributed by atoms with Gasteiger partial charge in [-0.3, -0.25) is 0 Å². The Balaban J connectivity index is 1.95. The van der Waals surface area contributed by atoms with Crippen LogP contribution in [0.2, 0.25) is 0 Å². The van der Waals surface area contributed by atoms with Crippen molar-refractivity contribution in [1.29, 1.82) is 0 Å². The van der Waals surface area contributed by atoms with Crippen LogP contribution in [-0.2, 0) is 11.3 Å². The molecular formula is C13H16BrN3O2S. The lowest BCUT2D eigenvalue weighted by Crippen LogP contribution is -2.18. The van der Waals surface area contributed by atoms with Crippen molar-refractivity contribution in [3.05, 3.63) is 34.1 Å². The molecule has 0 atom stereocenters. The summed E-state index contributed by atoms with van der Waals surface area (Å²) in [6, 6.07) is 6.21. The van der Waals surface area contributed by atoms with Gasteiger partial charge in [-0.25, -0.2) is 0 Å². The van der Waals surface area contributed by atoms with Crippen LogP contribution < -0.4 is 5.32 Å². The zero-order chi connectivity index (χ0) is 14.4. The van der Waals surface area contributed by atoms with Gasteiger partial charge in [-0.2, -0.15) is 0 Å². The van der Waals surface area contributed by atoms with E-state index in [2.05, 4.69) is 43.6 Å². The van der Waals surface area contributed by atoms with Gasteiger partial charge in [0.15, 0.2) is 0 Å². The summed E-state index contributed by atoms with van der Waals surface area (Å²) in [5.41, 5.74) is 1.21. The van der Waals surface area contributed by atoms with E-state index in [4.69, 9.17) is 9.15 Å². The molecule has 1 heterocycles. The van der Waals surface area contributed by atoms with Gasteiger partial charge in [-0.05, 0) is 45.4 Å². The Morgan fingerprint density at radius 2 is 2.25 bits per heavy atom. The fraction of sp³-hybridized carbons (Fsp3) is 0.385. The van der Waals surface area contributed by atoms with Crippen molar-refractivity contribution in [3.63, 3.8) is 0 Å². The molecule has 0 aliphatic heterocycles. The van der Waals surface area contributed by atoms with Gasteiger partial charge in [-0.1, -0.05) is 6.07 Å². The van der Waals surface area contributed by atoms with Crippen molar-refractivity contribution < 1.29 is 9.15 Å². The van der Waals surface area contributed by atoms with E-state index in [1.807, 2.05) is 6.07 Å². The molecule has 0 aliphatic rings. The molecule has 108 valence electrons. The predicted octanol–water partition coefficient (Wildman–Crippen LogP) is 3.03. The molecule has 5 nitrogen and oxygen atoms in total. The Labute approximate surface area is 130 Å².